The molecule has 6 nitrogen and oxygen atoms in total. The van der Waals surface area contributed by atoms with Crippen molar-refractivity contribution in [2.75, 3.05) is 13.2 Å². The number of ether oxygens (including phenoxy) is 2. The van der Waals surface area contributed by atoms with Crippen molar-refractivity contribution < 1.29 is 18.8 Å². The van der Waals surface area contributed by atoms with E-state index in [1.165, 1.54) is 83.5 Å². The molecule has 0 spiro atoms. The van der Waals surface area contributed by atoms with Crippen molar-refractivity contribution in [2.24, 2.45) is 0 Å². The Morgan fingerprint density at radius 1 is 0.592 bits per heavy atom. The number of unbranched alkanes of at least 4 members (excludes halogenated alkanes) is 14. The molecule has 0 aliphatic heterocycles. The molecule has 3 aromatic carbocycles. The third-order valence-corrected chi connectivity index (χ3v) is 8.64. The van der Waals surface area contributed by atoms with Gasteiger partial charge in [0.1, 0.15) is 5.75 Å². The Hall–Kier alpha value is -4.37. The average molecular weight is 663 g/mol. The van der Waals surface area contributed by atoms with E-state index in [1.807, 2.05) is 60.7 Å². The Morgan fingerprint density at radius 2 is 1.08 bits per heavy atom. The quantitative estimate of drug-likeness (QED) is 0.0473. The Labute approximate surface area is 294 Å². The number of esters is 1. The summed E-state index contributed by atoms with van der Waals surface area (Å²) in [5.74, 6) is 7.92. The van der Waals surface area contributed by atoms with Gasteiger partial charge in [0.25, 0.3) is 5.89 Å². The molecule has 0 amide bonds. The van der Waals surface area contributed by atoms with Gasteiger partial charge in [-0.2, -0.15) is 4.98 Å². The largest absolute Gasteiger partial charge is 0.494 e. The highest BCUT2D eigenvalue weighted by Gasteiger charge is 2.11. The smallest absolute Gasteiger partial charge is 0.338 e. The predicted molar refractivity (Wildman–Crippen MR) is 199 cm³/mol. The summed E-state index contributed by atoms with van der Waals surface area (Å²) in [7, 11) is 0. The molecule has 1 heterocycles. The molecule has 0 aliphatic rings. The van der Waals surface area contributed by atoms with Crippen LogP contribution in [-0.4, -0.2) is 29.3 Å². The van der Waals surface area contributed by atoms with Crippen LogP contribution in [0.2, 0.25) is 0 Å². The number of carbonyl (C=O) groups is 1. The number of rotatable bonds is 22. The van der Waals surface area contributed by atoms with E-state index in [2.05, 4.69) is 35.8 Å². The Bertz CT molecular complexity index is 1550. The second kappa shape index (κ2) is 22.3. The summed E-state index contributed by atoms with van der Waals surface area (Å²) in [6, 6.07) is 22.8. The normalized spacial score (nSPS) is 10.8. The van der Waals surface area contributed by atoms with Crippen LogP contribution < -0.4 is 4.74 Å². The van der Waals surface area contributed by atoms with Crippen LogP contribution in [-0.2, 0) is 4.74 Å². The zero-order valence-electron chi connectivity index (χ0n) is 29.7. The minimum absolute atomic E-state index is 0.280. The van der Waals surface area contributed by atoms with E-state index in [1.54, 1.807) is 12.1 Å². The van der Waals surface area contributed by atoms with E-state index in [0.29, 0.717) is 23.9 Å². The molecule has 0 atom stereocenters. The van der Waals surface area contributed by atoms with Crippen LogP contribution in [0.5, 0.6) is 5.75 Å². The molecule has 1 aromatic heterocycles. The van der Waals surface area contributed by atoms with Crippen molar-refractivity contribution in [2.45, 2.75) is 117 Å². The molecule has 4 aromatic rings. The van der Waals surface area contributed by atoms with Gasteiger partial charge in [0, 0.05) is 22.3 Å². The number of aromatic nitrogens is 2. The molecule has 6 heteroatoms. The molecule has 0 fully saturated rings. The zero-order valence-corrected chi connectivity index (χ0v) is 29.7. The Morgan fingerprint density at radius 3 is 1.65 bits per heavy atom. The number of hydrogen-bond acceptors (Lipinski definition) is 6. The maximum absolute atomic E-state index is 12.4. The maximum Gasteiger partial charge on any atom is 0.338 e. The van der Waals surface area contributed by atoms with E-state index in [4.69, 9.17) is 14.0 Å². The lowest BCUT2D eigenvalue weighted by atomic mass is 10.1. The fourth-order valence-corrected chi connectivity index (χ4v) is 5.60. The summed E-state index contributed by atoms with van der Waals surface area (Å²) in [6.45, 7) is 5.70. The lowest BCUT2D eigenvalue weighted by Gasteiger charge is -2.06. The minimum Gasteiger partial charge on any atom is -0.494 e. The van der Waals surface area contributed by atoms with Gasteiger partial charge in [-0.15, -0.1) is 0 Å². The van der Waals surface area contributed by atoms with Crippen LogP contribution in [0.4, 0.5) is 0 Å². The molecular formula is C43H54N2O4. The van der Waals surface area contributed by atoms with E-state index in [0.717, 1.165) is 53.9 Å². The van der Waals surface area contributed by atoms with Crippen LogP contribution in [0.15, 0.2) is 77.3 Å². The van der Waals surface area contributed by atoms with Gasteiger partial charge in [-0.1, -0.05) is 121 Å². The highest BCUT2D eigenvalue weighted by Crippen LogP contribution is 2.24. The van der Waals surface area contributed by atoms with E-state index in [9.17, 15) is 4.79 Å². The van der Waals surface area contributed by atoms with Crippen LogP contribution in [0.25, 0.3) is 22.8 Å². The van der Waals surface area contributed by atoms with Crippen molar-refractivity contribution in [1.29, 1.82) is 0 Å². The average Bonchev–Trinajstić information content (AvgIpc) is 3.64. The third kappa shape index (κ3) is 13.9. The summed E-state index contributed by atoms with van der Waals surface area (Å²) in [5.41, 5.74) is 3.94. The summed E-state index contributed by atoms with van der Waals surface area (Å²) >= 11 is 0. The molecule has 0 bridgehead atoms. The van der Waals surface area contributed by atoms with Gasteiger partial charge in [-0.25, -0.2) is 4.79 Å². The fourth-order valence-electron chi connectivity index (χ4n) is 5.60. The van der Waals surface area contributed by atoms with Gasteiger partial charge >= 0.3 is 5.97 Å². The van der Waals surface area contributed by atoms with Gasteiger partial charge in [0.2, 0.25) is 5.82 Å². The Balaban J connectivity index is 1.17. The first-order valence-electron chi connectivity index (χ1n) is 18.6. The standard InChI is InChI=1S/C43H54N2O4/c1-3-5-7-9-11-13-15-17-33-47-40-31-29-37(30-32-40)41-44-42(49-45-41)38-25-21-35(22-26-38)19-20-36-23-27-39(28-24-36)43(46)48-34-18-16-14-12-10-8-6-4-2/h21-32H,3-18,33-34H2,1-2H3. The molecule has 0 unspecified atom stereocenters. The topological polar surface area (TPSA) is 74.5 Å². The van der Waals surface area contributed by atoms with E-state index >= 15 is 0 Å². The molecule has 0 N–H and O–H groups in total. The lowest BCUT2D eigenvalue weighted by Crippen LogP contribution is -2.06. The molecule has 4 rings (SSSR count). The lowest BCUT2D eigenvalue weighted by molar-refractivity contribution is 0.0497. The second-order valence-electron chi connectivity index (χ2n) is 12.8. The molecule has 260 valence electrons. The van der Waals surface area contributed by atoms with E-state index in [-0.39, 0.29) is 5.97 Å². The van der Waals surface area contributed by atoms with Gasteiger partial charge in [-0.3, -0.25) is 0 Å². The zero-order chi connectivity index (χ0) is 34.4. The molecule has 0 aliphatic carbocycles. The molecule has 49 heavy (non-hydrogen) atoms. The van der Waals surface area contributed by atoms with Crippen LogP contribution >= 0.6 is 0 Å². The first kappa shape index (κ1) is 37.4. The van der Waals surface area contributed by atoms with Crippen LogP contribution in [0.3, 0.4) is 0 Å². The Kier molecular flexibility index (Phi) is 17.0. The highest BCUT2D eigenvalue weighted by molar-refractivity contribution is 5.89. The van der Waals surface area contributed by atoms with Gasteiger partial charge < -0.3 is 14.0 Å². The molecule has 0 radical (unpaired) electrons. The van der Waals surface area contributed by atoms with Crippen LogP contribution in [0, 0.1) is 11.8 Å². The van der Waals surface area contributed by atoms with Crippen molar-refractivity contribution in [3.63, 3.8) is 0 Å². The maximum atomic E-state index is 12.4. The number of benzene rings is 3. The fraction of sp³-hybridized carbons (Fsp3) is 0.465. The van der Waals surface area contributed by atoms with E-state index < -0.39 is 0 Å². The van der Waals surface area contributed by atoms with Crippen LogP contribution in [0.1, 0.15) is 138 Å². The van der Waals surface area contributed by atoms with Crippen molar-refractivity contribution in [1.82, 2.24) is 10.1 Å². The molecule has 0 saturated heterocycles. The SMILES string of the molecule is CCCCCCCCCCOC(=O)c1ccc(C#Cc2ccc(-c3nc(-c4ccc(OCCCCCCCCCC)cc4)no3)cc2)cc1. The summed E-state index contributed by atoms with van der Waals surface area (Å²) < 4.78 is 16.9. The summed E-state index contributed by atoms with van der Waals surface area (Å²) in [4.78, 5) is 17.0. The first-order chi connectivity index (χ1) is 24.2. The minimum atomic E-state index is -0.280. The monoisotopic (exact) mass is 662 g/mol. The van der Waals surface area contributed by atoms with Gasteiger partial charge in [0.05, 0.1) is 18.8 Å². The highest BCUT2D eigenvalue weighted by atomic mass is 16.5. The van der Waals surface area contributed by atoms with Gasteiger partial charge in [0.15, 0.2) is 0 Å². The first-order valence-corrected chi connectivity index (χ1v) is 18.6. The number of hydrogen-bond donors (Lipinski definition) is 0. The summed E-state index contributed by atoms with van der Waals surface area (Å²) in [5, 5.41) is 4.18. The summed E-state index contributed by atoms with van der Waals surface area (Å²) in [6.07, 6.45) is 20.0. The van der Waals surface area contributed by atoms with Crippen molar-refractivity contribution in [3.05, 3.63) is 89.5 Å². The van der Waals surface area contributed by atoms with Crippen molar-refractivity contribution >= 4 is 5.97 Å². The number of carbonyl (C=O) groups excluding carboxylic acids is 1. The molecule has 0 saturated carbocycles. The predicted octanol–water partition coefficient (Wildman–Crippen LogP) is 11.6. The molecular weight excluding hydrogens is 608 g/mol. The third-order valence-electron chi connectivity index (χ3n) is 8.64. The van der Waals surface area contributed by atoms with Crippen molar-refractivity contribution in [3.8, 4) is 40.4 Å². The number of nitrogens with zero attached hydrogens (tertiary/aromatic N) is 2. The van der Waals surface area contributed by atoms with Gasteiger partial charge in [-0.05, 0) is 85.6 Å². The second-order valence-corrected chi connectivity index (χ2v) is 12.8.